The third kappa shape index (κ3) is 5.62. The molecule has 0 saturated heterocycles. The van der Waals surface area contributed by atoms with Gasteiger partial charge < -0.3 is 4.74 Å². The minimum atomic E-state index is 0.147. The number of halogens is 2. The molecular formula is C17H16BrClO2. The Kier molecular flexibility index (Phi) is 6.43. The third-order valence-electron chi connectivity index (χ3n) is 3.02. The van der Waals surface area contributed by atoms with E-state index in [1.165, 1.54) is 0 Å². The number of benzene rings is 2. The van der Waals surface area contributed by atoms with Crippen molar-refractivity contribution in [3.63, 3.8) is 0 Å². The molecule has 0 aliphatic rings. The van der Waals surface area contributed by atoms with Gasteiger partial charge in [-0.15, -0.1) is 0 Å². The van der Waals surface area contributed by atoms with Crippen LogP contribution in [0.2, 0.25) is 5.02 Å². The summed E-state index contributed by atoms with van der Waals surface area (Å²) in [5, 5.41) is 0.710. The number of ether oxygens (including phenoxy) is 1. The fourth-order valence-corrected chi connectivity index (χ4v) is 2.41. The number of carbonyl (C=O) groups is 1. The maximum Gasteiger partial charge on any atom is 0.162 e. The van der Waals surface area contributed by atoms with E-state index in [4.69, 9.17) is 16.3 Å². The van der Waals surface area contributed by atoms with Crippen molar-refractivity contribution in [2.75, 3.05) is 6.61 Å². The molecular weight excluding hydrogens is 352 g/mol. The summed E-state index contributed by atoms with van der Waals surface area (Å²) < 4.78 is 6.54. The Hall–Kier alpha value is -1.16. The Balaban J connectivity index is 1.68. The van der Waals surface area contributed by atoms with E-state index in [2.05, 4.69) is 15.9 Å². The van der Waals surface area contributed by atoms with Crippen molar-refractivity contribution < 1.29 is 9.53 Å². The molecule has 2 aromatic rings. The first kappa shape index (κ1) is 16.2. The SMILES string of the molecule is O=C(CCCOCc1cccc(Cl)c1)c1ccc(Br)cc1. The summed E-state index contributed by atoms with van der Waals surface area (Å²) in [6.45, 7) is 1.09. The Morgan fingerprint density at radius 2 is 1.90 bits per heavy atom. The van der Waals surface area contributed by atoms with E-state index in [0.717, 1.165) is 22.0 Å². The van der Waals surface area contributed by atoms with Gasteiger partial charge in [0.1, 0.15) is 0 Å². The maximum atomic E-state index is 11.9. The molecule has 0 fully saturated rings. The second-order valence-corrected chi connectivity index (χ2v) is 6.07. The van der Waals surface area contributed by atoms with E-state index in [-0.39, 0.29) is 5.78 Å². The minimum absolute atomic E-state index is 0.147. The molecule has 0 N–H and O–H groups in total. The number of rotatable bonds is 7. The molecule has 0 amide bonds. The zero-order valence-corrected chi connectivity index (χ0v) is 13.9. The number of carbonyl (C=O) groups excluding carboxylic acids is 1. The second-order valence-electron chi connectivity index (χ2n) is 4.72. The predicted molar refractivity (Wildman–Crippen MR) is 88.8 cm³/mol. The van der Waals surface area contributed by atoms with E-state index in [1.807, 2.05) is 48.5 Å². The van der Waals surface area contributed by atoms with Crippen LogP contribution in [0.4, 0.5) is 0 Å². The van der Waals surface area contributed by atoms with E-state index in [9.17, 15) is 4.79 Å². The molecule has 0 spiro atoms. The summed E-state index contributed by atoms with van der Waals surface area (Å²) in [6, 6.07) is 15.0. The third-order valence-corrected chi connectivity index (χ3v) is 3.78. The molecule has 0 saturated carbocycles. The monoisotopic (exact) mass is 366 g/mol. The summed E-state index contributed by atoms with van der Waals surface area (Å²) in [5.74, 6) is 0.147. The Morgan fingerprint density at radius 3 is 2.62 bits per heavy atom. The van der Waals surface area contributed by atoms with Crippen molar-refractivity contribution in [2.45, 2.75) is 19.4 Å². The molecule has 0 aliphatic heterocycles. The standard InChI is InChI=1S/C17H16BrClO2/c18-15-8-6-14(7-9-15)17(20)5-2-10-21-12-13-3-1-4-16(19)11-13/h1,3-4,6-9,11H,2,5,10,12H2. The Bertz CT molecular complexity index is 596. The molecule has 2 nitrogen and oxygen atoms in total. The van der Waals surface area contributed by atoms with Crippen LogP contribution in [0.15, 0.2) is 53.0 Å². The molecule has 0 bridgehead atoms. The van der Waals surface area contributed by atoms with Crippen LogP contribution in [0.25, 0.3) is 0 Å². The average molecular weight is 368 g/mol. The fourth-order valence-electron chi connectivity index (χ4n) is 1.93. The van der Waals surface area contributed by atoms with Gasteiger partial charge in [-0.3, -0.25) is 4.79 Å². The lowest BCUT2D eigenvalue weighted by Gasteiger charge is -2.05. The minimum Gasteiger partial charge on any atom is -0.377 e. The van der Waals surface area contributed by atoms with Gasteiger partial charge in [0.2, 0.25) is 0 Å². The molecule has 0 heterocycles. The lowest BCUT2D eigenvalue weighted by molar-refractivity contribution is 0.0919. The number of Topliss-reactive ketones (excluding diaryl/α,β-unsaturated/α-hetero) is 1. The molecule has 2 rings (SSSR count). The van der Waals surface area contributed by atoms with Gasteiger partial charge in [-0.1, -0.05) is 51.8 Å². The van der Waals surface area contributed by atoms with Gasteiger partial charge in [0, 0.05) is 28.1 Å². The largest absolute Gasteiger partial charge is 0.377 e. The zero-order valence-electron chi connectivity index (χ0n) is 11.5. The molecule has 4 heteroatoms. The molecule has 0 aliphatic carbocycles. The highest BCUT2D eigenvalue weighted by Gasteiger charge is 2.05. The van der Waals surface area contributed by atoms with Crippen molar-refractivity contribution in [1.82, 2.24) is 0 Å². The van der Waals surface area contributed by atoms with Crippen molar-refractivity contribution >= 4 is 33.3 Å². The summed E-state index contributed by atoms with van der Waals surface area (Å²) in [6.07, 6.45) is 1.21. The molecule has 110 valence electrons. The normalized spacial score (nSPS) is 10.6. The van der Waals surface area contributed by atoms with Gasteiger partial charge >= 0.3 is 0 Å². The van der Waals surface area contributed by atoms with Crippen molar-refractivity contribution in [2.24, 2.45) is 0 Å². The van der Waals surface area contributed by atoms with Crippen molar-refractivity contribution in [1.29, 1.82) is 0 Å². The molecule has 2 aromatic carbocycles. The number of ketones is 1. The van der Waals surface area contributed by atoms with Crippen LogP contribution in [-0.2, 0) is 11.3 Å². The molecule has 0 aromatic heterocycles. The van der Waals surface area contributed by atoms with Crippen molar-refractivity contribution in [3.8, 4) is 0 Å². The predicted octanol–water partition coefficient (Wildman–Crippen LogP) is 5.28. The Morgan fingerprint density at radius 1 is 1.14 bits per heavy atom. The van der Waals surface area contributed by atoms with Crippen LogP contribution in [0.1, 0.15) is 28.8 Å². The smallest absolute Gasteiger partial charge is 0.162 e. The quantitative estimate of drug-likeness (QED) is 0.491. The highest BCUT2D eigenvalue weighted by molar-refractivity contribution is 9.10. The van der Waals surface area contributed by atoms with Crippen LogP contribution in [0.5, 0.6) is 0 Å². The van der Waals surface area contributed by atoms with Gasteiger partial charge in [-0.2, -0.15) is 0 Å². The van der Waals surface area contributed by atoms with E-state index >= 15 is 0 Å². The van der Waals surface area contributed by atoms with Gasteiger partial charge in [-0.05, 0) is 36.2 Å². The summed E-state index contributed by atoms with van der Waals surface area (Å²) in [7, 11) is 0. The fraction of sp³-hybridized carbons (Fsp3) is 0.235. The molecule has 0 unspecified atom stereocenters. The van der Waals surface area contributed by atoms with Gasteiger partial charge in [0.05, 0.1) is 6.61 Å². The number of hydrogen-bond acceptors (Lipinski definition) is 2. The first-order valence-electron chi connectivity index (χ1n) is 6.76. The van der Waals surface area contributed by atoms with Crippen LogP contribution in [0.3, 0.4) is 0 Å². The molecule has 0 radical (unpaired) electrons. The Labute approximate surface area is 138 Å². The zero-order chi connectivity index (χ0) is 15.1. The van der Waals surface area contributed by atoms with E-state index in [1.54, 1.807) is 0 Å². The first-order chi connectivity index (χ1) is 10.1. The van der Waals surface area contributed by atoms with E-state index < -0.39 is 0 Å². The lowest BCUT2D eigenvalue weighted by atomic mass is 10.1. The summed E-state index contributed by atoms with van der Waals surface area (Å²) in [4.78, 5) is 11.9. The lowest BCUT2D eigenvalue weighted by Crippen LogP contribution is -2.02. The van der Waals surface area contributed by atoms with Gasteiger partial charge in [0.25, 0.3) is 0 Å². The summed E-state index contributed by atoms with van der Waals surface area (Å²) in [5.41, 5.74) is 1.79. The van der Waals surface area contributed by atoms with Gasteiger partial charge in [0.15, 0.2) is 5.78 Å². The maximum absolute atomic E-state index is 11.9. The van der Waals surface area contributed by atoms with E-state index in [0.29, 0.717) is 24.7 Å². The molecule has 21 heavy (non-hydrogen) atoms. The summed E-state index contributed by atoms with van der Waals surface area (Å²) >= 11 is 9.26. The van der Waals surface area contributed by atoms with Crippen LogP contribution in [0, 0.1) is 0 Å². The highest BCUT2D eigenvalue weighted by atomic mass is 79.9. The first-order valence-corrected chi connectivity index (χ1v) is 7.93. The van der Waals surface area contributed by atoms with Gasteiger partial charge in [-0.25, -0.2) is 0 Å². The molecule has 0 atom stereocenters. The topological polar surface area (TPSA) is 26.3 Å². The van der Waals surface area contributed by atoms with Crippen LogP contribution in [-0.4, -0.2) is 12.4 Å². The second kappa shape index (κ2) is 8.32. The average Bonchev–Trinajstić information content (AvgIpc) is 2.47. The highest BCUT2D eigenvalue weighted by Crippen LogP contribution is 2.13. The number of hydrogen-bond donors (Lipinski definition) is 0. The van der Waals surface area contributed by atoms with Crippen molar-refractivity contribution in [3.05, 3.63) is 69.2 Å². The van der Waals surface area contributed by atoms with Crippen LogP contribution < -0.4 is 0 Å². The van der Waals surface area contributed by atoms with Crippen LogP contribution >= 0.6 is 27.5 Å².